The van der Waals surface area contributed by atoms with Gasteiger partial charge < -0.3 is 10.1 Å². The van der Waals surface area contributed by atoms with Gasteiger partial charge in [0.1, 0.15) is 0 Å². The largest absolute Gasteiger partial charge is 0.462 e. The number of rotatable bonds is 3. The summed E-state index contributed by atoms with van der Waals surface area (Å²) in [5, 5.41) is 3.51. The molecule has 5 nitrogen and oxygen atoms in total. The number of aromatic nitrogens is 1. The molecule has 0 fully saturated rings. The highest BCUT2D eigenvalue weighted by molar-refractivity contribution is 6.38. The Balaban J connectivity index is 2.52. The van der Waals surface area contributed by atoms with E-state index in [4.69, 9.17) is 16.3 Å². The Labute approximate surface area is 120 Å². The molecule has 0 spiro atoms. The number of carbonyl (C=O) groups is 2. The lowest BCUT2D eigenvalue weighted by atomic mass is 10.1. The van der Waals surface area contributed by atoms with Crippen molar-refractivity contribution in [3.63, 3.8) is 0 Å². The molecule has 1 N–H and O–H groups in total. The van der Waals surface area contributed by atoms with Crippen molar-refractivity contribution in [1.29, 1.82) is 0 Å². The van der Waals surface area contributed by atoms with Gasteiger partial charge in [0.2, 0.25) is 5.91 Å². The Kier molecular flexibility index (Phi) is 4.20. The zero-order chi connectivity index (χ0) is 14.7. The van der Waals surface area contributed by atoms with Gasteiger partial charge >= 0.3 is 5.97 Å². The third-order valence-corrected chi connectivity index (χ3v) is 3.03. The van der Waals surface area contributed by atoms with E-state index in [9.17, 15) is 9.59 Å². The van der Waals surface area contributed by atoms with Crippen molar-refractivity contribution in [3.05, 3.63) is 35.0 Å². The van der Waals surface area contributed by atoms with Gasteiger partial charge in [0.15, 0.2) is 0 Å². The third-order valence-electron chi connectivity index (χ3n) is 2.62. The summed E-state index contributed by atoms with van der Waals surface area (Å²) in [5.74, 6) is -0.702. The SMILES string of the molecule is CCOC(=O)c1cnc2ccc(NC(C)=O)cc2c1Cl. The molecule has 20 heavy (non-hydrogen) atoms. The number of halogens is 1. The first-order valence-electron chi connectivity index (χ1n) is 6.06. The average Bonchev–Trinajstić information content (AvgIpc) is 2.39. The molecule has 0 aliphatic heterocycles. The van der Waals surface area contributed by atoms with Gasteiger partial charge in [-0.3, -0.25) is 9.78 Å². The molecular weight excluding hydrogens is 280 g/mol. The van der Waals surface area contributed by atoms with Gasteiger partial charge in [-0.25, -0.2) is 4.79 Å². The highest BCUT2D eigenvalue weighted by Gasteiger charge is 2.15. The van der Waals surface area contributed by atoms with Crippen LogP contribution in [0, 0.1) is 0 Å². The molecule has 6 heteroatoms. The van der Waals surface area contributed by atoms with E-state index in [1.54, 1.807) is 25.1 Å². The van der Waals surface area contributed by atoms with Crippen LogP contribution in [0.1, 0.15) is 24.2 Å². The Morgan fingerprint density at radius 3 is 2.80 bits per heavy atom. The molecule has 0 aliphatic rings. The van der Waals surface area contributed by atoms with Gasteiger partial charge in [-0.2, -0.15) is 0 Å². The predicted molar refractivity (Wildman–Crippen MR) is 77.0 cm³/mol. The molecule has 0 saturated heterocycles. The van der Waals surface area contributed by atoms with Crippen LogP contribution < -0.4 is 5.32 Å². The highest BCUT2D eigenvalue weighted by atomic mass is 35.5. The fourth-order valence-corrected chi connectivity index (χ4v) is 2.07. The molecule has 1 heterocycles. The minimum atomic E-state index is -0.517. The number of nitrogens with one attached hydrogen (secondary N) is 1. The maximum atomic E-state index is 11.8. The molecule has 0 saturated carbocycles. The molecule has 0 aliphatic carbocycles. The Bertz CT molecular complexity index is 685. The van der Waals surface area contributed by atoms with E-state index in [0.717, 1.165) is 0 Å². The van der Waals surface area contributed by atoms with Gasteiger partial charge in [-0.15, -0.1) is 0 Å². The average molecular weight is 293 g/mol. The Morgan fingerprint density at radius 1 is 1.40 bits per heavy atom. The van der Waals surface area contributed by atoms with Crippen molar-refractivity contribution < 1.29 is 14.3 Å². The van der Waals surface area contributed by atoms with Gasteiger partial charge in [-0.05, 0) is 25.1 Å². The number of carbonyl (C=O) groups excluding carboxylic acids is 2. The van der Waals surface area contributed by atoms with Gasteiger partial charge in [0, 0.05) is 24.2 Å². The second-order valence-electron chi connectivity index (χ2n) is 4.12. The number of hydrogen-bond acceptors (Lipinski definition) is 4. The molecule has 2 rings (SSSR count). The molecule has 0 atom stereocenters. The van der Waals surface area contributed by atoms with E-state index >= 15 is 0 Å². The first-order chi connectivity index (χ1) is 9.52. The summed E-state index contributed by atoms with van der Waals surface area (Å²) in [6, 6.07) is 5.12. The maximum absolute atomic E-state index is 11.8. The van der Waals surface area contributed by atoms with E-state index in [1.165, 1.54) is 13.1 Å². The third kappa shape index (κ3) is 2.88. The van der Waals surface area contributed by atoms with Crippen molar-refractivity contribution in [2.75, 3.05) is 11.9 Å². The lowest BCUT2D eigenvalue weighted by Gasteiger charge is -2.08. The quantitative estimate of drug-likeness (QED) is 0.883. The van der Waals surface area contributed by atoms with Gasteiger partial charge in [-0.1, -0.05) is 11.6 Å². The minimum Gasteiger partial charge on any atom is -0.462 e. The second-order valence-corrected chi connectivity index (χ2v) is 4.50. The maximum Gasteiger partial charge on any atom is 0.341 e. The number of benzene rings is 1. The number of hydrogen-bond donors (Lipinski definition) is 1. The molecule has 1 aromatic heterocycles. The van der Waals surface area contributed by atoms with Crippen LogP contribution in [0.5, 0.6) is 0 Å². The molecule has 0 radical (unpaired) electrons. The number of esters is 1. The van der Waals surface area contributed by atoms with Gasteiger partial charge in [0.05, 0.1) is 22.7 Å². The number of fused-ring (bicyclic) bond motifs is 1. The zero-order valence-corrected chi connectivity index (χ0v) is 11.8. The summed E-state index contributed by atoms with van der Waals surface area (Å²) < 4.78 is 4.92. The van der Waals surface area contributed by atoms with Gasteiger partial charge in [0.25, 0.3) is 0 Å². The van der Waals surface area contributed by atoms with E-state index in [2.05, 4.69) is 10.3 Å². The van der Waals surface area contributed by atoms with Crippen molar-refractivity contribution in [1.82, 2.24) is 4.98 Å². The molecule has 2 aromatic rings. The van der Waals surface area contributed by atoms with E-state index < -0.39 is 5.97 Å². The van der Waals surface area contributed by atoms with Crippen molar-refractivity contribution in [2.45, 2.75) is 13.8 Å². The van der Waals surface area contributed by atoms with Crippen LogP contribution >= 0.6 is 11.6 Å². The summed E-state index contributed by atoms with van der Waals surface area (Å²) in [4.78, 5) is 27.0. The van der Waals surface area contributed by atoms with Crippen LogP contribution in [0.3, 0.4) is 0 Å². The van der Waals surface area contributed by atoms with Crippen molar-refractivity contribution in [2.24, 2.45) is 0 Å². The Hall–Kier alpha value is -2.14. The minimum absolute atomic E-state index is 0.185. The number of amides is 1. The molecule has 1 amide bonds. The predicted octanol–water partition coefficient (Wildman–Crippen LogP) is 3.02. The fraction of sp³-hybridized carbons (Fsp3) is 0.214. The first kappa shape index (κ1) is 14.3. The van der Waals surface area contributed by atoms with E-state index in [-0.39, 0.29) is 23.1 Å². The summed E-state index contributed by atoms with van der Waals surface area (Å²) in [5.41, 5.74) is 1.44. The van der Waals surface area contributed by atoms with E-state index in [0.29, 0.717) is 16.6 Å². The van der Waals surface area contributed by atoms with Crippen LogP contribution in [0.25, 0.3) is 10.9 Å². The molecule has 104 valence electrons. The second kappa shape index (κ2) is 5.88. The summed E-state index contributed by atoms with van der Waals surface area (Å²) in [7, 11) is 0. The van der Waals surface area contributed by atoms with Crippen molar-refractivity contribution in [3.8, 4) is 0 Å². The summed E-state index contributed by atoms with van der Waals surface area (Å²) in [6.45, 7) is 3.40. The highest BCUT2D eigenvalue weighted by Crippen LogP contribution is 2.28. The molecular formula is C14H13ClN2O3. The lowest BCUT2D eigenvalue weighted by Crippen LogP contribution is -2.07. The standard InChI is InChI=1S/C14H13ClN2O3/c1-3-20-14(19)11-7-16-12-5-4-9(17-8(2)18)6-10(12)13(11)15/h4-7H,3H2,1-2H3,(H,17,18). The number of ether oxygens (including phenoxy) is 1. The Morgan fingerprint density at radius 2 is 2.15 bits per heavy atom. The van der Waals surface area contributed by atoms with Crippen LogP contribution in [0.15, 0.2) is 24.4 Å². The lowest BCUT2D eigenvalue weighted by molar-refractivity contribution is -0.114. The molecule has 1 aromatic carbocycles. The molecule has 0 bridgehead atoms. The smallest absolute Gasteiger partial charge is 0.341 e. The monoisotopic (exact) mass is 292 g/mol. The van der Waals surface area contributed by atoms with Crippen LogP contribution in [-0.4, -0.2) is 23.5 Å². The first-order valence-corrected chi connectivity index (χ1v) is 6.43. The fourth-order valence-electron chi connectivity index (χ4n) is 1.79. The number of nitrogens with zero attached hydrogens (tertiary/aromatic N) is 1. The summed E-state index contributed by atoms with van der Waals surface area (Å²) >= 11 is 6.23. The molecule has 0 unspecified atom stereocenters. The number of anilines is 1. The van der Waals surface area contributed by atoms with E-state index in [1.807, 2.05) is 0 Å². The summed E-state index contributed by atoms with van der Waals surface area (Å²) in [6.07, 6.45) is 1.39. The zero-order valence-electron chi connectivity index (χ0n) is 11.1. The topological polar surface area (TPSA) is 68.3 Å². The van der Waals surface area contributed by atoms with Crippen molar-refractivity contribution >= 4 is 40.1 Å². The van der Waals surface area contributed by atoms with Crippen LogP contribution in [0.4, 0.5) is 5.69 Å². The van der Waals surface area contributed by atoms with Crippen LogP contribution in [0.2, 0.25) is 5.02 Å². The number of pyridine rings is 1. The van der Waals surface area contributed by atoms with Crippen LogP contribution in [-0.2, 0) is 9.53 Å². The normalized spacial score (nSPS) is 10.3.